The smallest absolute Gasteiger partial charge is 0.225 e. The van der Waals surface area contributed by atoms with Gasteiger partial charge in [-0.2, -0.15) is 0 Å². The number of nitrogens with zero attached hydrogens (tertiary/aromatic N) is 3. The first kappa shape index (κ1) is 21.4. The third-order valence-electron chi connectivity index (χ3n) is 5.57. The van der Waals surface area contributed by atoms with Crippen LogP contribution in [0.15, 0.2) is 41.6 Å². The zero-order chi connectivity index (χ0) is 20.9. The number of ether oxygens (including phenoxy) is 2. The van der Waals surface area contributed by atoms with Crippen molar-refractivity contribution in [1.29, 1.82) is 0 Å². The maximum Gasteiger partial charge on any atom is 0.225 e. The Bertz CT molecular complexity index is 877. The minimum Gasteiger partial charge on any atom is -0.494 e. The lowest BCUT2D eigenvalue weighted by Crippen LogP contribution is -2.36. The Balaban J connectivity index is 1.42. The molecule has 3 rings (SSSR count). The van der Waals surface area contributed by atoms with Gasteiger partial charge in [0.15, 0.2) is 15.6 Å². The highest BCUT2D eigenvalue weighted by Gasteiger charge is 2.25. The molecule has 0 aliphatic carbocycles. The van der Waals surface area contributed by atoms with Crippen molar-refractivity contribution in [2.45, 2.75) is 31.1 Å². The standard InChI is InChI=1S/C21H29N3O4S/c1-16(10-13-28-18-4-6-20(7-5-18)29(3,25)26)17-8-11-24(12-9-17)21-22-14-19(27-2)15-23-21/h4-7,14-17H,8-13H2,1-3H3/t16-/m1/s1. The van der Waals surface area contributed by atoms with Crippen molar-refractivity contribution in [3.05, 3.63) is 36.7 Å². The van der Waals surface area contributed by atoms with Gasteiger partial charge in [-0.05, 0) is 55.4 Å². The molecule has 0 saturated carbocycles. The number of piperidine rings is 1. The molecular weight excluding hydrogens is 390 g/mol. The van der Waals surface area contributed by atoms with Gasteiger partial charge in [0.1, 0.15) is 5.75 Å². The first-order chi connectivity index (χ1) is 13.9. The predicted octanol–water partition coefficient (Wildman–Crippen LogP) is 3.21. The highest BCUT2D eigenvalue weighted by Crippen LogP contribution is 2.29. The Morgan fingerprint density at radius 3 is 2.28 bits per heavy atom. The van der Waals surface area contributed by atoms with Crippen LogP contribution in [0.5, 0.6) is 11.5 Å². The number of hydrogen-bond donors (Lipinski definition) is 0. The second-order valence-electron chi connectivity index (χ2n) is 7.61. The van der Waals surface area contributed by atoms with Gasteiger partial charge in [0.25, 0.3) is 0 Å². The van der Waals surface area contributed by atoms with E-state index in [2.05, 4.69) is 21.8 Å². The van der Waals surface area contributed by atoms with Crippen LogP contribution in [0.1, 0.15) is 26.2 Å². The molecule has 0 unspecified atom stereocenters. The number of hydrogen-bond acceptors (Lipinski definition) is 7. The molecule has 1 aromatic heterocycles. The monoisotopic (exact) mass is 419 g/mol. The molecule has 1 fully saturated rings. The summed E-state index contributed by atoms with van der Waals surface area (Å²) in [5.41, 5.74) is 0. The van der Waals surface area contributed by atoms with Gasteiger partial charge in [0.2, 0.25) is 5.95 Å². The third-order valence-corrected chi connectivity index (χ3v) is 6.70. The number of methoxy groups -OCH3 is 1. The largest absolute Gasteiger partial charge is 0.494 e. The molecule has 0 spiro atoms. The van der Waals surface area contributed by atoms with Crippen molar-refractivity contribution >= 4 is 15.8 Å². The van der Waals surface area contributed by atoms with Crippen molar-refractivity contribution in [3.63, 3.8) is 0 Å². The zero-order valence-corrected chi connectivity index (χ0v) is 18.1. The first-order valence-electron chi connectivity index (χ1n) is 9.90. The maximum atomic E-state index is 11.5. The minimum absolute atomic E-state index is 0.311. The van der Waals surface area contributed by atoms with Crippen molar-refractivity contribution < 1.29 is 17.9 Å². The summed E-state index contributed by atoms with van der Waals surface area (Å²) in [5.74, 6) is 3.35. The lowest BCUT2D eigenvalue weighted by atomic mass is 9.84. The van der Waals surface area contributed by atoms with Crippen molar-refractivity contribution in [2.75, 3.05) is 38.0 Å². The normalized spacial score (nSPS) is 16.4. The summed E-state index contributed by atoms with van der Waals surface area (Å²) in [5, 5.41) is 0. The number of sulfone groups is 1. The number of anilines is 1. The molecule has 2 aromatic rings. The van der Waals surface area contributed by atoms with Crippen LogP contribution in [0, 0.1) is 11.8 Å². The van der Waals surface area contributed by atoms with E-state index in [9.17, 15) is 8.42 Å². The highest BCUT2D eigenvalue weighted by atomic mass is 32.2. The molecule has 0 N–H and O–H groups in total. The van der Waals surface area contributed by atoms with E-state index in [-0.39, 0.29) is 0 Å². The Morgan fingerprint density at radius 2 is 1.72 bits per heavy atom. The molecule has 7 nitrogen and oxygen atoms in total. The Morgan fingerprint density at radius 1 is 1.10 bits per heavy atom. The fourth-order valence-electron chi connectivity index (χ4n) is 3.63. The maximum absolute atomic E-state index is 11.5. The van der Waals surface area contributed by atoms with Gasteiger partial charge in [-0.25, -0.2) is 18.4 Å². The van der Waals surface area contributed by atoms with Gasteiger partial charge in [-0.15, -0.1) is 0 Å². The average Bonchev–Trinajstić information content (AvgIpc) is 2.73. The molecule has 1 aliphatic heterocycles. The molecule has 1 aromatic carbocycles. The molecule has 0 bridgehead atoms. The van der Waals surface area contributed by atoms with Gasteiger partial charge in [-0.3, -0.25) is 0 Å². The topological polar surface area (TPSA) is 81.6 Å². The zero-order valence-electron chi connectivity index (χ0n) is 17.2. The van der Waals surface area contributed by atoms with Gasteiger partial charge in [-0.1, -0.05) is 6.92 Å². The van der Waals surface area contributed by atoms with E-state index in [0.29, 0.717) is 34.8 Å². The lowest BCUT2D eigenvalue weighted by molar-refractivity contribution is 0.222. The quantitative estimate of drug-likeness (QED) is 0.650. The second kappa shape index (κ2) is 9.43. The molecule has 1 saturated heterocycles. The lowest BCUT2D eigenvalue weighted by Gasteiger charge is -2.34. The third kappa shape index (κ3) is 5.82. The molecular formula is C21H29N3O4S. The van der Waals surface area contributed by atoms with Crippen LogP contribution in [0.4, 0.5) is 5.95 Å². The fourth-order valence-corrected chi connectivity index (χ4v) is 4.26. The molecule has 1 aliphatic rings. The van der Waals surface area contributed by atoms with Crippen LogP contribution in [0.2, 0.25) is 0 Å². The van der Waals surface area contributed by atoms with Crippen LogP contribution >= 0.6 is 0 Å². The summed E-state index contributed by atoms with van der Waals surface area (Å²) in [6, 6.07) is 6.61. The first-order valence-corrected chi connectivity index (χ1v) is 11.8. The number of rotatable bonds is 8. The van der Waals surface area contributed by atoms with E-state index in [0.717, 1.165) is 38.3 Å². The molecule has 0 amide bonds. The number of benzene rings is 1. The van der Waals surface area contributed by atoms with Crippen LogP contribution < -0.4 is 14.4 Å². The van der Waals surface area contributed by atoms with E-state index >= 15 is 0 Å². The average molecular weight is 420 g/mol. The van der Waals surface area contributed by atoms with Crippen LogP contribution in [0.25, 0.3) is 0 Å². The highest BCUT2D eigenvalue weighted by molar-refractivity contribution is 7.90. The van der Waals surface area contributed by atoms with Gasteiger partial charge < -0.3 is 14.4 Å². The minimum atomic E-state index is -3.17. The molecule has 1 atom stereocenters. The molecule has 8 heteroatoms. The molecule has 2 heterocycles. The number of aromatic nitrogens is 2. The summed E-state index contributed by atoms with van der Waals surface area (Å²) in [4.78, 5) is 11.3. The second-order valence-corrected chi connectivity index (χ2v) is 9.62. The SMILES string of the molecule is COc1cnc(N2CCC([C@H](C)CCOc3ccc(S(C)(=O)=O)cc3)CC2)nc1. The van der Waals surface area contributed by atoms with Crippen LogP contribution in [-0.4, -0.2) is 51.4 Å². The fraction of sp³-hybridized carbons (Fsp3) is 0.524. The van der Waals surface area contributed by atoms with Crippen LogP contribution in [-0.2, 0) is 9.84 Å². The Hall–Kier alpha value is -2.35. The molecule has 0 radical (unpaired) electrons. The predicted molar refractivity (Wildman–Crippen MR) is 112 cm³/mol. The summed E-state index contributed by atoms with van der Waals surface area (Å²) in [6.07, 6.45) is 7.81. The Labute approximate surface area is 173 Å². The van der Waals surface area contributed by atoms with E-state index in [1.165, 1.54) is 6.26 Å². The van der Waals surface area contributed by atoms with Crippen molar-refractivity contribution in [3.8, 4) is 11.5 Å². The van der Waals surface area contributed by atoms with E-state index < -0.39 is 9.84 Å². The van der Waals surface area contributed by atoms with Crippen molar-refractivity contribution in [2.24, 2.45) is 11.8 Å². The van der Waals surface area contributed by atoms with Gasteiger partial charge in [0, 0.05) is 19.3 Å². The van der Waals surface area contributed by atoms with E-state index in [4.69, 9.17) is 9.47 Å². The van der Waals surface area contributed by atoms with E-state index in [1.807, 2.05) is 0 Å². The van der Waals surface area contributed by atoms with Crippen LogP contribution in [0.3, 0.4) is 0 Å². The molecule has 29 heavy (non-hydrogen) atoms. The Kier molecular flexibility index (Phi) is 6.95. The summed E-state index contributed by atoms with van der Waals surface area (Å²) in [6.45, 7) is 4.81. The van der Waals surface area contributed by atoms with E-state index in [1.54, 1.807) is 43.8 Å². The summed E-state index contributed by atoms with van der Waals surface area (Å²) < 4.78 is 33.9. The summed E-state index contributed by atoms with van der Waals surface area (Å²) in [7, 11) is -1.56. The van der Waals surface area contributed by atoms with Crippen molar-refractivity contribution in [1.82, 2.24) is 9.97 Å². The molecule has 158 valence electrons. The van der Waals surface area contributed by atoms with Gasteiger partial charge in [0.05, 0.1) is 31.0 Å². The van der Waals surface area contributed by atoms with Gasteiger partial charge >= 0.3 is 0 Å². The summed E-state index contributed by atoms with van der Waals surface area (Å²) >= 11 is 0.